The van der Waals surface area contributed by atoms with E-state index >= 15 is 0 Å². The van der Waals surface area contributed by atoms with Gasteiger partial charge in [-0.2, -0.15) is 0 Å². The van der Waals surface area contributed by atoms with Crippen LogP contribution in [0.1, 0.15) is 30.6 Å². The molecule has 23 heavy (non-hydrogen) atoms. The predicted molar refractivity (Wildman–Crippen MR) is 98.3 cm³/mol. The van der Waals surface area contributed by atoms with Gasteiger partial charge in [-0.05, 0) is 58.6 Å². The minimum absolute atomic E-state index is 0.0503. The molecular formula is C19H22BrNO2. The molecule has 0 aliphatic heterocycles. The summed E-state index contributed by atoms with van der Waals surface area (Å²) in [5.74, 6) is 1.32. The van der Waals surface area contributed by atoms with Gasteiger partial charge in [-0.1, -0.05) is 32.0 Å². The number of carbonyl (C=O) groups excluding carboxylic acids is 1. The zero-order valence-electron chi connectivity index (χ0n) is 13.8. The molecule has 0 saturated carbocycles. The lowest BCUT2D eigenvalue weighted by Gasteiger charge is -2.18. The lowest BCUT2D eigenvalue weighted by molar-refractivity contribution is 0.0993. The second-order valence-electron chi connectivity index (χ2n) is 5.88. The Bertz CT molecular complexity index is 656. The molecule has 2 aromatic carbocycles. The second kappa shape index (κ2) is 8.16. The molecule has 0 spiro atoms. The molecule has 2 rings (SSSR count). The first kappa shape index (κ1) is 17.5. The topological polar surface area (TPSA) is 29.5 Å². The Morgan fingerprint density at radius 1 is 1.17 bits per heavy atom. The molecule has 3 nitrogen and oxygen atoms in total. The van der Waals surface area contributed by atoms with Gasteiger partial charge in [0.2, 0.25) is 0 Å². The number of nitrogens with zero attached hydrogens (tertiary/aromatic N) is 1. The minimum atomic E-state index is -0.0503. The van der Waals surface area contributed by atoms with Crippen molar-refractivity contribution in [2.45, 2.75) is 20.3 Å². The van der Waals surface area contributed by atoms with E-state index < -0.39 is 0 Å². The fourth-order valence-electron chi connectivity index (χ4n) is 2.12. The average Bonchev–Trinajstić information content (AvgIpc) is 2.55. The molecule has 0 heterocycles. The number of anilines is 1. The average molecular weight is 376 g/mol. The Morgan fingerprint density at radius 2 is 1.87 bits per heavy atom. The zero-order valence-corrected chi connectivity index (χ0v) is 15.3. The number of ether oxygens (including phenoxy) is 1. The Kier molecular flexibility index (Phi) is 6.22. The first-order chi connectivity index (χ1) is 11.0. The van der Waals surface area contributed by atoms with Crippen molar-refractivity contribution >= 4 is 27.5 Å². The van der Waals surface area contributed by atoms with E-state index in [-0.39, 0.29) is 5.91 Å². The minimum Gasteiger partial charge on any atom is -0.492 e. The molecule has 0 aromatic heterocycles. The van der Waals surface area contributed by atoms with Gasteiger partial charge in [0, 0.05) is 18.3 Å². The Balaban J connectivity index is 2.08. The molecule has 0 aliphatic carbocycles. The number of rotatable bonds is 6. The molecule has 0 saturated heterocycles. The second-order valence-corrected chi connectivity index (χ2v) is 6.73. The summed E-state index contributed by atoms with van der Waals surface area (Å²) in [4.78, 5) is 14.2. The molecule has 0 radical (unpaired) electrons. The summed E-state index contributed by atoms with van der Waals surface area (Å²) in [6, 6.07) is 15.1. The highest BCUT2D eigenvalue weighted by atomic mass is 79.9. The maximum absolute atomic E-state index is 12.6. The van der Waals surface area contributed by atoms with Gasteiger partial charge in [0.25, 0.3) is 5.91 Å². The van der Waals surface area contributed by atoms with E-state index in [4.69, 9.17) is 4.74 Å². The number of para-hydroxylation sites is 1. The highest BCUT2D eigenvalue weighted by molar-refractivity contribution is 9.10. The maximum Gasteiger partial charge on any atom is 0.258 e. The zero-order chi connectivity index (χ0) is 16.8. The van der Waals surface area contributed by atoms with E-state index in [1.807, 2.05) is 42.5 Å². The van der Waals surface area contributed by atoms with E-state index in [0.717, 1.165) is 22.3 Å². The molecule has 122 valence electrons. The van der Waals surface area contributed by atoms with Gasteiger partial charge < -0.3 is 9.64 Å². The molecule has 0 unspecified atom stereocenters. The number of halogens is 1. The van der Waals surface area contributed by atoms with Crippen LogP contribution < -0.4 is 9.64 Å². The molecule has 0 fully saturated rings. The number of benzene rings is 2. The summed E-state index contributed by atoms with van der Waals surface area (Å²) in [7, 11) is 1.78. The number of hydrogen-bond acceptors (Lipinski definition) is 2. The first-order valence-corrected chi connectivity index (χ1v) is 8.53. The Labute approximate surface area is 146 Å². The number of carbonyl (C=O) groups is 1. The highest BCUT2D eigenvalue weighted by Crippen LogP contribution is 2.27. The highest BCUT2D eigenvalue weighted by Gasteiger charge is 2.15. The van der Waals surface area contributed by atoms with Crippen molar-refractivity contribution in [2.75, 3.05) is 18.6 Å². The van der Waals surface area contributed by atoms with Crippen molar-refractivity contribution in [3.63, 3.8) is 0 Å². The molecule has 0 aliphatic rings. The van der Waals surface area contributed by atoms with Crippen LogP contribution in [0.2, 0.25) is 0 Å². The molecule has 2 aromatic rings. The third-order valence-electron chi connectivity index (χ3n) is 3.58. The van der Waals surface area contributed by atoms with E-state index in [1.54, 1.807) is 18.0 Å². The van der Waals surface area contributed by atoms with Crippen LogP contribution in [-0.4, -0.2) is 19.6 Å². The summed E-state index contributed by atoms with van der Waals surface area (Å²) in [6.45, 7) is 5.01. The van der Waals surface area contributed by atoms with Gasteiger partial charge in [0.05, 0.1) is 11.1 Å². The molecule has 0 atom stereocenters. The van der Waals surface area contributed by atoms with Crippen molar-refractivity contribution in [3.05, 3.63) is 58.6 Å². The van der Waals surface area contributed by atoms with E-state index in [0.29, 0.717) is 18.1 Å². The summed E-state index contributed by atoms with van der Waals surface area (Å²) < 4.78 is 6.56. The lowest BCUT2D eigenvalue weighted by atomic mass is 10.1. The third-order valence-corrected chi connectivity index (χ3v) is 4.20. The van der Waals surface area contributed by atoms with Crippen molar-refractivity contribution in [3.8, 4) is 5.75 Å². The maximum atomic E-state index is 12.6. The van der Waals surface area contributed by atoms with Crippen LogP contribution in [-0.2, 0) is 0 Å². The normalized spacial score (nSPS) is 10.7. The van der Waals surface area contributed by atoms with Crippen molar-refractivity contribution < 1.29 is 9.53 Å². The standard InChI is InChI=1S/C19H22BrNO2/c1-14(2)11-12-23-18-10-9-15(13-17(18)20)19(22)21(3)16-7-5-4-6-8-16/h4-10,13-14H,11-12H2,1-3H3. The Hall–Kier alpha value is -1.81. The Morgan fingerprint density at radius 3 is 2.48 bits per heavy atom. The molecular weight excluding hydrogens is 354 g/mol. The quantitative estimate of drug-likeness (QED) is 0.698. The van der Waals surface area contributed by atoms with Crippen LogP contribution in [0.3, 0.4) is 0 Å². The van der Waals surface area contributed by atoms with Gasteiger partial charge in [0.15, 0.2) is 0 Å². The van der Waals surface area contributed by atoms with Gasteiger partial charge in [0.1, 0.15) is 5.75 Å². The monoisotopic (exact) mass is 375 g/mol. The predicted octanol–water partition coefficient (Wildman–Crippen LogP) is 5.15. The number of amides is 1. The van der Waals surface area contributed by atoms with E-state index in [1.165, 1.54) is 0 Å². The van der Waals surface area contributed by atoms with Crippen LogP contribution >= 0.6 is 15.9 Å². The summed E-state index contributed by atoms with van der Waals surface area (Å²) >= 11 is 3.49. The van der Waals surface area contributed by atoms with Crippen LogP contribution in [0, 0.1) is 5.92 Å². The molecule has 1 amide bonds. The van der Waals surface area contributed by atoms with Crippen molar-refractivity contribution in [1.29, 1.82) is 0 Å². The summed E-state index contributed by atoms with van der Waals surface area (Å²) in [5, 5.41) is 0. The van der Waals surface area contributed by atoms with Gasteiger partial charge in [-0.25, -0.2) is 0 Å². The summed E-state index contributed by atoms with van der Waals surface area (Å²) in [6.07, 6.45) is 1.00. The van der Waals surface area contributed by atoms with Gasteiger partial charge in [-0.15, -0.1) is 0 Å². The van der Waals surface area contributed by atoms with Gasteiger partial charge >= 0.3 is 0 Å². The van der Waals surface area contributed by atoms with Crippen molar-refractivity contribution in [2.24, 2.45) is 5.92 Å². The van der Waals surface area contributed by atoms with Crippen molar-refractivity contribution in [1.82, 2.24) is 0 Å². The summed E-state index contributed by atoms with van der Waals surface area (Å²) in [5.41, 5.74) is 1.49. The largest absolute Gasteiger partial charge is 0.492 e. The fourth-order valence-corrected chi connectivity index (χ4v) is 2.61. The van der Waals surface area contributed by atoms with Crippen LogP contribution in [0.15, 0.2) is 53.0 Å². The third kappa shape index (κ3) is 4.83. The van der Waals surface area contributed by atoms with Crippen LogP contribution in [0.25, 0.3) is 0 Å². The first-order valence-electron chi connectivity index (χ1n) is 7.74. The molecule has 0 N–H and O–H groups in total. The molecule has 4 heteroatoms. The van der Waals surface area contributed by atoms with Crippen LogP contribution in [0.4, 0.5) is 5.69 Å². The fraction of sp³-hybridized carbons (Fsp3) is 0.316. The van der Waals surface area contributed by atoms with Gasteiger partial charge in [-0.3, -0.25) is 4.79 Å². The van der Waals surface area contributed by atoms with E-state index in [9.17, 15) is 4.79 Å². The smallest absolute Gasteiger partial charge is 0.258 e. The number of hydrogen-bond donors (Lipinski definition) is 0. The SMILES string of the molecule is CC(C)CCOc1ccc(C(=O)N(C)c2ccccc2)cc1Br. The lowest BCUT2D eigenvalue weighted by Crippen LogP contribution is -2.26. The van der Waals surface area contributed by atoms with E-state index in [2.05, 4.69) is 29.8 Å². The molecule has 0 bridgehead atoms. The van der Waals surface area contributed by atoms with Crippen LogP contribution in [0.5, 0.6) is 5.75 Å².